The van der Waals surface area contributed by atoms with E-state index >= 15 is 0 Å². The topological polar surface area (TPSA) is 97.5 Å². The van der Waals surface area contributed by atoms with E-state index in [9.17, 15) is 16.8 Å². The van der Waals surface area contributed by atoms with Gasteiger partial charge in [0.15, 0.2) is 14.9 Å². The lowest BCUT2D eigenvalue weighted by Crippen LogP contribution is -2.42. The molecule has 0 amide bonds. The number of nitrogens with zero attached hydrogens (tertiary/aromatic N) is 1. The first kappa shape index (κ1) is 14.9. The average Bonchev–Trinajstić information content (AvgIpc) is 2.15. The maximum atomic E-state index is 11.9. The molecule has 8 heteroatoms. The molecule has 1 heterocycles. The second kappa shape index (κ2) is 5.64. The molecule has 0 bridgehead atoms. The summed E-state index contributed by atoms with van der Waals surface area (Å²) >= 11 is 0. The van der Waals surface area contributed by atoms with Crippen LogP contribution in [0.1, 0.15) is 19.3 Å². The molecule has 1 aliphatic rings. The minimum atomic E-state index is -3.69. The SMILES string of the molecule is CS(=O)(=O)CS(=O)(=O)N1CCCC(CCN)C1. The van der Waals surface area contributed by atoms with Crippen LogP contribution in [0, 0.1) is 5.92 Å². The molecular weight excluding hydrogens is 264 g/mol. The van der Waals surface area contributed by atoms with Gasteiger partial charge in [0, 0.05) is 19.3 Å². The maximum absolute atomic E-state index is 11.9. The highest BCUT2D eigenvalue weighted by molar-refractivity contribution is 8.06. The van der Waals surface area contributed by atoms with Crippen LogP contribution in [-0.2, 0) is 19.9 Å². The normalized spacial score (nSPS) is 23.8. The summed E-state index contributed by atoms with van der Waals surface area (Å²) in [5.41, 5.74) is 5.45. The first-order valence-electron chi connectivity index (χ1n) is 5.60. The summed E-state index contributed by atoms with van der Waals surface area (Å²) in [5.74, 6) is 0.253. The predicted molar refractivity (Wildman–Crippen MR) is 66.6 cm³/mol. The lowest BCUT2D eigenvalue weighted by molar-refractivity contribution is 0.259. The van der Waals surface area contributed by atoms with Gasteiger partial charge in [0.1, 0.15) is 0 Å². The number of hydrogen-bond donors (Lipinski definition) is 1. The molecule has 0 aliphatic carbocycles. The summed E-state index contributed by atoms with van der Waals surface area (Å²) in [5, 5.41) is -0.796. The second-order valence-corrected chi connectivity index (χ2v) is 9.07. The van der Waals surface area contributed by atoms with E-state index in [-0.39, 0.29) is 5.92 Å². The molecule has 17 heavy (non-hydrogen) atoms. The largest absolute Gasteiger partial charge is 0.330 e. The van der Waals surface area contributed by atoms with Crippen LogP contribution in [-0.4, -0.2) is 52.1 Å². The zero-order valence-corrected chi connectivity index (χ0v) is 11.6. The summed E-state index contributed by atoms with van der Waals surface area (Å²) in [4.78, 5) is 0. The molecule has 0 aromatic carbocycles. The molecule has 1 unspecified atom stereocenters. The van der Waals surface area contributed by atoms with Crippen molar-refractivity contribution in [3.8, 4) is 0 Å². The van der Waals surface area contributed by atoms with Gasteiger partial charge in [0.2, 0.25) is 10.0 Å². The third-order valence-electron chi connectivity index (χ3n) is 2.81. The van der Waals surface area contributed by atoms with Crippen molar-refractivity contribution in [3.63, 3.8) is 0 Å². The van der Waals surface area contributed by atoms with Crippen LogP contribution in [0.4, 0.5) is 0 Å². The Morgan fingerprint density at radius 2 is 1.94 bits per heavy atom. The van der Waals surface area contributed by atoms with Gasteiger partial charge < -0.3 is 5.73 Å². The first-order valence-corrected chi connectivity index (χ1v) is 9.27. The highest BCUT2D eigenvalue weighted by Gasteiger charge is 2.30. The number of sulfonamides is 1. The Bertz CT molecular complexity index is 442. The number of nitrogens with two attached hydrogens (primary N) is 1. The van der Waals surface area contributed by atoms with E-state index in [2.05, 4.69) is 0 Å². The smallest absolute Gasteiger partial charge is 0.228 e. The van der Waals surface area contributed by atoms with Gasteiger partial charge in [0.25, 0.3) is 0 Å². The van der Waals surface area contributed by atoms with Crippen molar-refractivity contribution in [3.05, 3.63) is 0 Å². The maximum Gasteiger partial charge on any atom is 0.228 e. The van der Waals surface area contributed by atoms with Crippen LogP contribution < -0.4 is 5.73 Å². The van der Waals surface area contributed by atoms with Crippen LogP contribution in [0.3, 0.4) is 0 Å². The summed E-state index contributed by atoms with van der Waals surface area (Å²) in [6.07, 6.45) is 3.45. The monoisotopic (exact) mass is 284 g/mol. The molecule has 1 aliphatic heterocycles. The highest BCUT2D eigenvalue weighted by atomic mass is 32.3. The molecule has 1 saturated heterocycles. The first-order chi connectivity index (χ1) is 7.74. The summed E-state index contributed by atoms with van der Waals surface area (Å²) < 4.78 is 47.2. The van der Waals surface area contributed by atoms with Gasteiger partial charge in [-0.3, -0.25) is 0 Å². The zero-order valence-electron chi connectivity index (χ0n) is 10.0. The Labute approximate surface area is 103 Å². The van der Waals surface area contributed by atoms with Gasteiger partial charge in [-0.25, -0.2) is 21.1 Å². The lowest BCUT2D eigenvalue weighted by atomic mass is 9.96. The zero-order chi connectivity index (χ0) is 13.1. The molecule has 0 aromatic rings. The van der Waals surface area contributed by atoms with E-state index < -0.39 is 24.9 Å². The average molecular weight is 284 g/mol. The molecule has 0 spiro atoms. The van der Waals surface area contributed by atoms with E-state index in [1.54, 1.807) is 0 Å². The molecular formula is C9H20N2O4S2. The lowest BCUT2D eigenvalue weighted by Gasteiger charge is -2.31. The standard InChI is InChI=1S/C9H20N2O4S2/c1-16(12,13)8-17(14,15)11-6-2-3-9(7-11)4-5-10/h9H,2-8,10H2,1H3. The highest BCUT2D eigenvalue weighted by Crippen LogP contribution is 2.21. The quantitative estimate of drug-likeness (QED) is 0.725. The van der Waals surface area contributed by atoms with E-state index in [0.717, 1.165) is 25.5 Å². The van der Waals surface area contributed by atoms with Gasteiger partial charge >= 0.3 is 0 Å². The molecule has 1 fully saturated rings. The number of hydrogen-bond acceptors (Lipinski definition) is 5. The Balaban J connectivity index is 2.72. The molecule has 0 saturated carbocycles. The fourth-order valence-electron chi connectivity index (χ4n) is 2.10. The fourth-order valence-corrected chi connectivity index (χ4v) is 5.70. The molecule has 102 valence electrons. The summed E-state index contributed by atoms with van der Waals surface area (Å²) in [6.45, 7) is 1.35. The van der Waals surface area contributed by atoms with E-state index in [1.807, 2.05) is 0 Å². The Morgan fingerprint density at radius 1 is 1.29 bits per heavy atom. The van der Waals surface area contributed by atoms with Gasteiger partial charge in [0.05, 0.1) is 0 Å². The van der Waals surface area contributed by atoms with Crippen molar-refractivity contribution in [1.29, 1.82) is 0 Å². The second-order valence-electron chi connectivity index (χ2n) is 4.60. The molecule has 1 rings (SSSR count). The van der Waals surface area contributed by atoms with Crippen LogP contribution in [0.2, 0.25) is 0 Å². The fraction of sp³-hybridized carbons (Fsp3) is 1.00. The van der Waals surface area contributed by atoms with Gasteiger partial charge in [-0.2, -0.15) is 0 Å². The molecule has 0 aromatic heterocycles. The third kappa shape index (κ3) is 4.90. The van der Waals surface area contributed by atoms with Crippen molar-refractivity contribution in [2.75, 3.05) is 31.0 Å². The summed E-state index contributed by atoms with van der Waals surface area (Å²) in [6, 6.07) is 0. The predicted octanol–water partition coefficient (Wildman–Crippen LogP) is -0.621. The van der Waals surface area contributed by atoms with Crippen LogP contribution in [0.25, 0.3) is 0 Å². The van der Waals surface area contributed by atoms with Crippen LogP contribution in [0.5, 0.6) is 0 Å². The van der Waals surface area contributed by atoms with Crippen LogP contribution >= 0.6 is 0 Å². The van der Waals surface area contributed by atoms with Gasteiger partial charge in [-0.1, -0.05) is 0 Å². The third-order valence-corrected chi connectivity index (χ3v) is 6.84. The summed E-state index contributed by atoms with van der Waals surface area (Å²) in [7, 11) is -7.20. The van der Waals surface area contributed by atoms with Gasteiger partial charge in [-0.05, 0) is 31.7 Å². The number of piperidine rings is 1. The minimum absolute atomic E-state index is 0.253. The minimum Gasteiger partial charge on any atom is -0.330 e. The van der Waals surface area contributed by atoms with Crippen molar-refractivity contribution < 1.29 is 16.8 Å². The van der Waals surface area contributed by atoms with E-state index in [4.69, 9.17) is 5.73 Å². The Kier molecular flexibility index (Phi) is 4.94. The van der Waals surface area contributed by atoms with Crippen molar-refractivity contribution in [1.82, 2.24) is 4.31 Å². The number of sulfone groups is 1. The molecule has 0 radical (unpaired) electrons. The van der Waals surface area contributed by atoms with Gasteiger partial charge in [-0.15, -0.1) is 0 Å². The molecule has 6 nitrogen and oxygen atoms in total. The van der Waals surface area contributed by atoms with E-state index in [1.165, 1.54) is 4.31 Å². The Morgan fingerprint density at radius 3 is 2.47 bits per heavy atom. The molecule has 1 atom stereocenters. The van der Waals surface area contributed by atoms with E-state index in [0.29, 0.717) is 19.6 Å². The molecule has 2 N–H and O–H groups in total. The van der Waals surface area contributed by atoms with Crippen molar-refractivity contribution in [2.24, 2.45) is 11.7 Å². The number of rotatable bonds is 5. The van der Waals surface area contributed by atoms with Crippen molar-refractivity contribution >= 4 is 19.9 Å². The van der Waals surface area contributed by atoms with Crippen molar-refractivity contribution in [2.45, 2.75) is 19.3 Å². The van der Waals surface area contributed by atoms with Crippen LogP contribution in [0.15, 0.2) is 0 Å². The Hall–Kier alpha value is -0.180.